The summed E-state index contributed by atoms with van der Waals surface area (Å²) >= 11 is 0. The van der Waals surface area contributed by atoms with Crippen molar-refractivity contribution in [3.8, 4) is 11.5 Å². The highest BCUT2D eigenvalue weighted by Gasteiger charge is 2.59. The van der Waals surface area contributed by atoms with E-state index in [-0.39, 0.29) is 35.5 Å². The minimum atomic E-state index is -0.168. The number of carbonyl (C=O) groups is 2. The van der Waals surface area contributed by atoms with E-state index in [2.05, 4.69) is 26.0 Å². The number of hydrogen-bond donors (Lipinski definition) is 0. The van der Waals surface area contributed by atoms with Crippen LogP contribution in [0, 0.1) is 37.5 Å². The van der Waals surface area contributed by atoms with Gasteiger partial charge in [0.15, 0.2) is 0 Å². The van der Waals surface area contributed by atoms with Gasteiger partial charge in [0.25, 0.3) is 0 Å². The number of amides is 2. The predicted molar refractivity (Wildman–Crippen MR) is 103 cm³/mol. The summed E-state index contributed by atoms with van der Waals surface area (Å²) in [6.07, 6.45) is 5.17. The van der Waals surface area contributed by atoms with Gasteiger partial charge in [0.05, 0.1) is 17.5 Å². The standard InChI is InChI=1S/C23H21NO3/c1-13-3-8-19(11-14(13)2)27-18-9-6-17(7-10-18)24-22(25)20-15-4-5-16(12-15)21(20)23(24)26/h3-11,15-16,20-21H,12H2,1-2H3/t15-,16+,20-,21-/m0/s1. The Bertz CT molecular complexity index is 946. The molecule has 5 rings (SSSR count). The van der Waals surface area contributed by atoms with Gasteiger partial charge in [0.2, 0.25) is 11.8 Å². The lowest BCUT2D eigenvalue weighted by Gasteiger charge is -2.17. The minimum Gasteiger partial charge on any atom is -0.457 e. The lowest BCUT2D eigenvalue weighted by Crippen LogP contribution is -2.32. The number of hydrogen-bond acceptors (Lipinski definition) is 3. The first-order valence-corrected chi connectivity index (χ1v) is 9.44. The molecule has 0 aromatic heterocycles. The first-order chi connectivity index (χ1) is 13.0. The summed E-state index contributed by atoms with van der Waals surface area (Å²) in [5, 5.41) is 0. The van der Waals surface area contributed by atoms with Gasteiger partial charge in [-0.2, -0.15) is 0 Å². The maximum absolute atomic E-state index is 12.9. The van der Waals surface area contributed by atoms with Gasteiger partial charge in [-0.05, 0) is 79.6 Å². The Morgan fingerprint density at radius 2 is 1.41 bits per heavy atom. The highest BCUT2D eigenvalue weighted by Crippen LogP contribution is 2.53. The second-order valence-electron chi connectivity index (χ2n) is 7.85. The zero-order valence-electron chi connectivity index (χ0n) is 15.4. The molecule has 2 amide bonds. The SMILES string of the molecule is Cc1ccc(Oc2ccc(N3C(=O)[C@@H]4[C@@H](C3=O)[C@H]3C=C[C@@H]4C3)cc2)cc1C. The summed E-state index contributed by atoms with van der Waals surface area (Å²) in [7, 11) is 0. The molecule has 2 bridgehead atoms. The van der Waals surface area contributed by atoms with Gasteiger partial charge in [-0.15, -0.1) is 0 Å². The monoisotopic (exact) mass is 359 g/mol. The Hall–Kier alpha value is -2.88. The fourth-order valence-corrected chi connectivity index (χ4v) is 4.73. The van der Waals surface area contributed by atoms with Crippen LogP contribution in [0.15, 0.2) is 54.6 Å². The quantitative estimate of drug-likeness (QED) is 0.602. The van der Waals surface area contributed by atoms with Crippen LogP contribution >= 0.6 is 0 Å². The number of anilines is 1. The predicted octanol–water partition coefficient (Wildman–Crippen LogP) is 4.41. The minimum absolute atomic E-state index is 0.0512. The zero-order chi connectivity index (χ0) is 18.7. The van der Waals surface area contributed by atoms with E-state index in [1.165, 1.54) is 16.0 Å². The van der Waals surface area contributed by atoms with Crippen molar-refractivity contribution in [1.82, 2.24) is 0 Å². The summed E-state index contributed by atoms with van der Waals surface area (Å²) in [6, 6.07) is 13.2. The average molecular weight is 359 g/mol. The molecule has 1 heterocycles. The highest BCUT2D eigenvalue weighted by atomic mass is 16.5. The molecular formula is C23H21NO3. The van der Waals surface area contributed by atoms with E-state index >= 15 is 0 Å². The molecule has 4 heteroatoms. The molecule has 1 saturated carbocycles. The number of nitrogens with zero attached hydrogens (tertiary/aromatic N) is 1. The van der Waals surface area contributed by atoms with E-state index in [1.54, 1.807) is 12.1 Å². The van der Waals surface area contributed by atoms with Gasteiger partial charge in [-0.3, -0.25) is 14.5 Å². The first kappa shape index (κ1) is 16.3. The van der Waals surface area contributed by atoms with E-state index in [0.717, 1.165) is 12.2 Å². The third kappa shape index (κ3) is 2.43. The van der Waals surface area contributed by atoms with Gasteiger partial charge in [-0.1, -0.05) is 18.2 Å². The molecule has 4 atom stereocenters. The molecule has 2 fully saturated rings. The molecule has 4 nitrogen and oxygen atoms in total. The van der Waals surface area contributed by atoms with Crippen LogP contribution in [-0.2, 0) is 9.59 Å². The number of aryl methyl sites for hydroxylation is 2. The van der Waals surface area contributed by atoms with Crippen LogP contribution < -0.4 is 9.64 Å². The Morgan fingerprint density at radius 1 is 0.815 bits per heavy atom. The zero-order valence-corrected chi connectivity index (χ0v) is 15.4. The molecule has 1 aliphatic heterocycles. The van der Waals surface area contributed by atoms with Crippen LogP contribution in [-0.4, -0.2) is 11.8 Å². The van der Waals surface area contributed by atoms with Gasteiger partial charge < -0.3 is 4.74 Å². The Labute approximate surface area is 158 Å². The summed E-state index contributed by atoms with van der Waals surface area (Å²) in [4.78, 5) is 27.1. The summed E-state index contributed by atoms with van der Waals surface area (Å²) < 4.78 is 5.91. The molecule has 0 spiro atoms. The third-order valence-corrected chi connectivity index (χ3v) is 6.28. The van der Waals surface area contributed by atoms with E-state index in [0.29, 0.717) is 11.4 Å². The molecule has 3 aliphatic rings. The summed E-state index contributed by atoms with van der Waals surface area (Å²) in [5.74, 6) is 1.48. The van der Waals surface area contributed by atoms with Crippen LogP contribution in [0.5, 0.6) is 11.5 Å². The van der Waals surface area contributed by atoms with Crippen molar-refractivity contribution in [2.45, 2.75) is 20.3 Å². The smallest absolute Gasteiger partial charge is 0.238 e. The third-order valence-electron chi connectivity index (χ3n) is 6.28. The molecule has 2 aromatic rings. The summed E-state index contributed by atoms with van der Waals surface area (Å²) in [5.41, 5.74) is 3.02. The van der Waals surface area contributed by atoms with Crippen molar-refractivity contribution in [1.29, 1.82) is 0 Å². The number of allylic oxidation sites excluding steroid dienone is 2. The highest BCUT2D eigenvalue weighted by molar-refractivity contribution is 6.22. The van der Waals surface area contributed by atoms with E-state index in [9.17, 15) is 9.59 Å². The second-order valence-corrected chi connectivity index (χ2v) is 7.85. The van der Waals surface area contributed by atoms with Crippen LogP contribution in [0.3, 0.4) is 0 Å². The number of imide groups is 1. The largest absolute Gasteiger partial charge is 0.457 e. The van der Waals surface area contributed by atoms with Crippen LogP contribution in [0.4, 0.5) is 5.69 Å². The van der Waals surface area contributed by atoms with E-state index < -0.39 is 0 Å². The maximum atomic E-state index is 12.9. The van der Waals surface area contributed by atoms with Crippen LogP contribution in [0.2, 0.25) is 0 Å². The molecule has 2 aromatic carbocycles. The van der Waals surface area contributed by atoms with E-state index in [1.807, 2.05) is 30.3 Å². The maximum Gasteiger partial charge on any atom is 0.238 e. The van der Waals surface area contributed by atoms with Gasteiger partial charge >= 0.3 is 0 Å². The Kier molecular flexibility index (Phi) is 3.51. The van der Waals surface area contributed by atoms with Crippen LogP contribution in [0.25, 0.3) is 0 Å². The number of rotatable bonds is 3. The number of benzene rings is 2. The van der Waals surface area contributed by atoms with Crippen molar-refractivity contribution in [2.75, 3.05) is 4.90 Å². The molecule has 0 unspecified atom stereocenters. The van der Waals surface area contributed by atoms with Crippen LogP contribution in [0.1, 0.15) is 17.5 Å². The average Bonchev–Trinajstić information content (AvgIpc) is 3.33. The second kappa shape index (κ2) is 5.81. The Balaban J connectivity index is 1.37. The lowest BCUT2D eigenvalue weighted by molar-refractivity contribution is -0.123. The number of fused-ring (bicyclic) bond motifs is 5. The van der Waals surface area contributed by atoms with Crippen molar-refractivity contribution >= 4 is 17.5 Å². The van der Waals surface area contributed by atoms with Crippen molar-refractivity contribution < 1.29 is 14.3 Å². The number of ether oxygens (including phenoxy) is 1. The molecule has 136 valence electrons. The fraction of sp³-hybridized carbons (Fsp3) is 0.304. The fourth-order valence-electron chi connectivity index (χ4n) is 4.73. The molecular weight excluding hydrogens is 338 g/mol. The molecule has 1 saturated heterocycles. The van der Waals surface area contributed by atoms with Gasteiger partial charge in [0.1, 0.15) is 11.5 Å². The van der Waals surface area contributed by atoms with Gasteiger partial charge in [0, 0.05) is 0 Å². The molecule has 0 N–H and O–H groups in total. The molecule has 27 heavy (non-hydrogen) atoms. The molecule has 0 radical (unpaired) electrons. The van der Waals surface area contributed by atoms with Crippen molar-refractivity contribution in [3.05, 3.63) is 65.7 Å². The van der Waals surface area contributed by atoms with Crippen molar-refractivity contribution in [2.24, 2.45) is 23.7 Å². The first-order valence-electron chi connectivity index (χ1n) is 9.44. The van der Waals surface area contributed by atoms with Crippen molar-refractivity contribution in [3.63, 3.8) is 0 Å². The topological polar surface area (TPSA) is 46.6 Å². The lowest BCUT2D eigenvalue weighted by atomic mass is 9.85. The molecule has 2 aliphatic carbocycles. The van der Waals surface area contributed by atoms with Gasteiger partial charge in [-0.25, -0.2) is 0 Å². The van der Waals surface area contributed by atoms with E-state index in [4.69, 9.17) is 4.74 Å². The Morgan fingerprint density at radius 3 is 2.00 bits per heavy atom. The number of carbonyl (C=O) groups excluding carboxylic acids is 2. The normalized spacial score (nSPS) is 28.1. The summed E-state index contributed by atoms with van der Waals surface area (Å²) in [6.45, 7) is 4.11.